The second kappa shape index (κ2) is 5.96. The molecule has 0 aliphatic carbocycles. The second-order valence-corrected chi connectivity index (χ2v) is 11.9. The maximum atomic E-state index is 12.3. The number of fused-ring (bicyclic) bond motifs is 1. The number of esters is 1. The third kappa shape index (κ3) is 3.24. The van der Waals surface area contributed by atoms with E-state index >= 15 is 0 Å². The first-order valence-corrected chi connectivity index (χ1v) is 10.6. The van der Waals surface area contributed by atoms with Gasteiger partial charge in [0.25, 0.3) is 8.32 Å². The Morgan fingerprint density at radius 3 is 2.35 bits per heavy atom. The van der Waals surface area contributed by atoms with Gasteiger partial charge in [-0.1, -0.05) is 32.9 Å². The van der Waals surface area contributed by atoms with Gasteiger partial charge in [0.1, 0.15) is 11.1 Å². The number of rotatable bonds is 3. The molecule has 1 aromatic carbocycles. The van der Waals surface area contributed by atoms with Gasteiger partial charge in [-0.3, -0.25) is 0 Å². The molecule has 0 fully saturated rings. The quantitative estimate of drug-likeness (QED) is 0.440. The highest BCUT2D eigenvalue weighted by molar-refractivity contribution is 6.74. The minimum absolute atomic E-state index is 0.0163. The van der Waals surface area contributed by atoms with Gasteiger partial charge < -0.3 is 9.16 Å². The predicted octanol–water partition coefficient (Wildman–Crippen LogP) is 5.19. The lowest BCUT2D eigenvalue weighted by molar-refractivity contribution is 0.0594. The number of benzene rings is 1. The van der Waals surface area contributed by atoms with Crippen LogP contribution in [-0.2, 0) is 4.74 Å². The number of hydrogen-bond acceptors (Lipinski definition) is 3. The lowest BCUT2D eigenvalue weighted by Crippen LogP contribution is -2.44. The maximum Gasteiger partial charge on any atom is 0.363 e. The van der Waals surface area contributed by atoms with E-state index in [4.69, 9.17) is 13.6 Å². The monoisotopic (exact) mass is 333 g/mol. The van der Waals surface area contributed by atoms with Crippen LogP contribution in [0.15, 0.2) is 28.7 Å². The van der Waals surface area contributed by atoms with Crippen molar-refractivity contribution in [1.82, 2.24) is 0 Å². The SMILES string of the molecule is COC(=O)c1c(C)[o+]c2ccccc2c1O[Si](C)(C)C(C)(C)C. The summed E-state index contributed by atoms with van der Waals surface area (Å²) in [4.78, 5) is 12.3. The van der Waals surface area contributed by atoms with Crippen molar-refractivity contribution in [3.05, 3.63) is 35.6 Å². The first-order chi connectivity index (χ1) is 10.6. The van der Waals surface area contributed by atoms with Crippen molar-refractivity contribution in [3.63, 3.8) is 0 Å². The summed E-state index contributed by atoms with van der Waals surface area (Å²) in [5, 5.41) is 0.811. The second-order valence-electron chi connectivity index (χ2n) is 7.21. The molecule has 4 nitrogen and oxygen atoms in total. The van der Waals surface area contributed by atoms with E-state index < -0.39 is 14.3 Å². The molecular formula is C18H25O4Si+. The van der Waals surface area contributed by atoms with Gasteiger partial charge in [0.05, 0.1) is 14.0 Å². The van der Waals surface area contributed by atoms with Gasteiger partial charge in [0, 0.05) is 6.07 Å². The van der Waals surface area contributed by atoms with Crippen LogP contribution in [0.4, 0.5) is 0 Å². The molecule has 1 aromatic heterocycles. The summed E-state index contributed by atoms with van der Waals surface area (Å²) in [6.45, 7) is 12.6. The van der Waals surface area contributed by atoms with Crippen LogP contribution in [0.1, 0.15) is 36.9 Å². The van der Waals surface area contributed by atoms with E-state index in [9.17, 15) is 4.79 Å². The van der Waals surface area contributed by atoms with E-state index in [0.29, 0.717) is 22.7 Å². The molecule has 0 aliphatic rings. The molecule has 0 radical (unpaired) electrons. The molecule has 0 unspecified atom stereocenters. The fourth-order valence-corrected chi connectivity index (χ4v) is 3.14. The maximum absolute atomic E-state index is 12.3. The first kappa shape index (κ1) is 17.5. The number of methoxy groups -OCH3 is 1. The van der Waals surface area contributed by atoms with E-state index in [1.165, 1.54) is 7.11 Å². The Hall–Kier alpha value is -1.88. The topological polar surface area (TPSA) is 46.8 Å². The van der Waals surface area contributed by atoms with Crippen LogP contribution in [0.25, 0.3) is 11.0 Å². The Labute approximate surface area is 138 Å². The number of ether oxygens (including phenoxy) is 1. The Balaban J connectivity index is 2.75. The summed E-state index contributed by atoms with van der Waals surface area (Å²) < 4.78 is 17.2. The molecule has 2 rings (SSSR count). The number of carbonyl (C=O) groups excluding carboxylic acids is 1. The summed E-state index contributed by atoms with van der Waals surface area (Å²) in [6.07, 6.45) is 0. The Morgan fingerprint density at radius 2 is 1.78 bits per heavy atom. The highest BCUT2D eigenvalue weighted by atomic mass is 28.4. The highest BCUT2D eigenvalue weighted by Crippen LogP contribution is 2.41. The normalized spacial score (nSPS) is 12.3. The Bertz CT molecular complexity index is 745. The lowest BCUT2D eigenvalue weighted by Gasteiger charge is -2.36. The van der Waals surface area contributed by atoms with Crippen LogP contribution in [0, 0.1) is 6.92 Å². The molecule has 0 spiro atoms. The van der Waals surface area contributed by atoms with Gasteiger partial charge >= 0.3 is 17.3 Å². The van der Waals surface area contributed by atoms with Crippen molar-refractivity contribution < 1.29 is 18.4 Å². The highest BCUT2D eigenvalue weighted by Gasteiger charge is 2.42. The van der Waals surface area contributed by atoms with Crippen molar-refractivity contribution in [3.8, 4) is 5.75 Å². The number of carbonyl (C=O) groups is 1. The Kier molecular flexibility index (Phi) is 4.53. The summed E-state index contributed by atoms with van der Waals surface area (Å²) in [5.74, 6) is 0.637. The first-order valence-electron chi connectivity index (χ1n) is 7.71. The van der Waals surface area contributed by atoms with Gasteiger partial charge in [-0.2, -0.15) is 0 Å². The molecule has 1 heterocycles. The summed E-state index contributed by atoms with van der Waals surface area (Å²) in [5.41, 5.74) is 1.07. The molecule has 0 saturated heterocycles. The van der Waals surface area contributed by atoms with Crippen molar-refractivity contribution >= 4 is 25.3 Å². The van der Waals surface area contributed by atoms with Crippen LogP contribution in [0.5, 0.6) is 5.75 Å². The van der Waals surface area contributed by atoms with Crippen molar-refractivity contribution in [2.75, 3.05) is 7.11 Å². The Morgan fingerprint density at radius 1 is 1.17 bits per heavy atom. The van der Waals surface area contributed by atoms with E-state index in [1.807, 2.05) is 24.3 Å². The van der Waals surface area contributed by atoms with Crippen LogP contribution < -0.4 is 4.43 Å². The molecule has 23 heavy (non-hydrogen) atoms. The molecule has 0 aliphatic heterocycles. The minimum Gasteiger partial charge on any atom is -0.542 e. The molecule has 2 aromatic rings. The molecule has 124 valence electrons. The van der Waals surface area contributed by atoms with E-state index in [1.54, 1.807) is 6.92 Å². The smallest absolute Gasteiger partial charge is 0.363 e. The molecule has 5 heteroatoms. The summed E-state index contributed by atoms with van der Waals surface area (Å²) in [7, 11) is -0.757. The average molecular weight is 333 g/mol. The fourth-order valence-electron chi connectivity index (χ4n) is 2.11. The van der Waals surface area contributed by atoms with E-state index in [2.05, 4.69) is 33.9 Å². The van der Waals surface area contributed by atoms with Crippen LogP contribution in [0.2, 0.25) is 18.1 Å². The molecule has 0 amide bonds. The summed E-state index contributed by atoms with van der Waals surface area (Å²) >= 11 is 0. The van der Waals surface area contributed by atoms with Crippen LogP contribution in [0.3, 0.4) is 0 Å². The van der Waals surface area contributed by atoms with Gasteiger partial charge in [0.15, 0.2) is 0 Å². The van der Waals surface area contributed by atoms with Crippen molar-refractivity contribution in [2.24, 2.45) is 0 Å². The molecular weight excluding hydrogens is 308 g/mol. The molecule has 0 N–H and O–H groups in total. The van der Waals surface area contributed by atoms with Gasteiger partial charge in [-0.25, -0.2) is 9.21 Å². The number of para-hydroxylation sites is 1. The van der Waals surface area contributed by atoms with E-state index in [0.717, 1.165) is 5.39 Å². The van der Waals surface area contributed by atoms with Crippen LogP contribution in [-0.4, -0.2) is 21.4 Å². The van der Waals surface area contributed by atoms with Crippen molar-refractivity contribution in [2.45, 2.75) is 45.8 Å². The fraction of sp³-hybridized carbons (Fsp3) is 0.444. The third-order valence-electron chi connectivity index (χ3n) is 4.53. The largest absolute Gasteiger partial charge is 0.542 e. The standard InChI is InChI=1S/C18H25O4Si/c1-12-15(17(19)20-5)16(22-23(6,7)18(2,3)4)13-10-8-9-11-14(13)21-12/h8-11H,1-7H3/q+1. The van der Waals surface area contributed by atoms with Crippen LogP contribution >= 0.6 is 0 Å². The average Bonchev–Trinajstić information content (AvgIpc) is 2.45. The molecule has 0 bridgehead atoms. The minimum atomic E-state index is -2.13. The summed E-state index contributed by atoms with van der Waals surface area (Å²) in [6, 6.07) is 7.60. The third-order valence-corrected chi connectivity index (χ3v) is 8.85. The van der Waals surface area contributed by atoms with E-state index in [-0.39, 0.29) is 5.04 Å². The van der Waals surface area contributed by atoms with Crippen molar-refractivity contribution in [1.29, 1.82) is 0 Å². The number of aryl methyl sites for hydroxylation is 1. The zero-order valence-electron chi connectivity index (χ0n) is 14.9. The molecule has 0 saturated carbocycles. The zero-order chi connectivity index (χ0) is 17.4. The van der Waals surface area contributed by atoms with Gasteiger partial charge in [0.2, 0.25) is 5.56 Å². The lowest BCUT2D eigenvalue weighted by atomic mass is 10.1. The number of hydrogen-bond donors (Lipinski definition) is 0. The van der Waals surface area contributed by atoms with Gasteiger partial charge in [-0.15, -0.1) is 0 Å². The van der Waals surface area contributed by atoms with Gasteiger partial charge in [-0.05, 0) is 24.2 Å². The predicted molar refractivity (Wildman–Crippen MR) is 94.5 cm³/mol. The zero-order valence-corrected chi connectivity index (χ0v) is 15.9. The molecule has 0 atom stereocenters.